The van der Waals surface area contributed by atoms with Gasteiger partial charge in [-0.1, -0.05) is 26.0 Å². The van der Waals surface area contributed by atoms with Crippen molar-refractivity contribution in [2.75, 3.05) is 18.1 Å². The summed E-state index contributed by atoms with van der Waals surface area (Å²) in [6, 6.07) is 9.62. The zero-order valence-corrected chi connectivity index (χ0v) is 18.0. The van der Waals surface area contributed by atoms with Crippen LogP contribution in [0.3, 0.4) is 0 Å². The average molecular weight is 393 g/mol. The molecular formula is C23H28N4O2. The van der Waals surface area contributed by atoms with Crippen LogP contribution >= 0.6 is 0 Å². The van der Waals surface area contributed by atoms with E-state index in [1.165, 1.54) is 0 Å². The number of hydrogen-bond acceptors (Lipinski definition) is 4. The quantitative estimate of drug-likeness (QED) is 0.636. The van der Waals surface area contributed by atoms with E-state index in [0.29, 0.717) is 18.7 Å². The number of pyridine rings is 1. The molecule has 3 heterocycles. The maximum Gasteiger partial charge on any atom is 0.259 e. The highest BCUT2D eigenvalue weighted by atomic mass is 16.5. The number of nitrogens with zero attached hydrogens (tertiary/aromatic N) is 4. The van der Waals surface area contributed by atoms with Gasteiger partial charge >= 0.3 is 0 Å². The average Bonchev–Trinajstić information content (AvgIpc) is 3.03. The lowest BCUT2D eigenvalue weighted by Crippen LogP contribution is -2.38. The zero-order valence-electron chi connectivity index (χ0n) is 18.0. The summed E-state index contributed by atoms with van der Waals surface area (Å²) in [7, 11) is 0. The number of ether oxygens (including phenoxy) is 1. The van der Waals surface area contributed by atoms with Gasteiger partial charge in [0.25, 0.3) is 5.91 Å². The molecule has 1 amide bonds. The number of carbonyl (C=O) groups is 1. The topological polar surface area (TPSA) is 60.2 Å². The third kappa shape index (κ3) is 3.26. The Labute approximate surface area is 171 Å². The van der Waals surface area contributed by atoms with Crippen molar-refractivity contribution >= 4 is 22.6 Å². The molecule has 1 aliphatic rings. The molecule has 2 aromatic heterocycles. The van der Waals surface area contributed by atoms with Crippen LogP contribution in [-0.4, -0.2) is 33.8 Å². The fourth-order valence-electron chi connectivity index (χ4n) is 3.77. The Morgan fingerprint density at radius 3 is 2.62 bits per heavy atom. The van der Waals surface area contributed by atoms with Crippen LogP contribution in [0.4, 0.5) is 5.69 Å². The highest BCUT2D eigenvalue weighted by molar-refractivity contribution is 6.14. The monoisotopic (exact) mass is 392 g/mol. The Bertz CT molecular complexity index is 1090. The fourth-order valence-corrected chi connectivity index (χ4v) is 3.77. The van der Waals surface area contributed by atoms with Gasteiger partial charge in [-0.25, -0.2) is 9.67 Å². The minimum absolute atomic E-state index is 0.0355. The number of carbonyl (C=O) groups excluding carboxylic acids is 1. The van der Waals surface area contributed by atoms with E-state index in [9.17, 15) is 4.79 Å². The van der Waals surface area contributed by atoms with Crippen molar-refractivity contribution in [3.63, 3.8) is 0 Å². The maximum absolute atomic E-state index is 13.8. The molecule has 0 saturated carbocycles. The summed E-state index contributed by atoms with van der Waals surface area (Å²) in [4.78, 5) is 20.5. The van der Waals surface area contributed by atoms with E-state index in [2.05, 4.69) is 34.6 Å². The number of para-hydroxylation sites is 2. The largest absolute Gasteiger partial charge is 0.490 e. The number of aryl methyl sites for hydroxylation is 1. The Hall–Kier alpha value is -2.89. The molecule has 0 saturated heterocycles. The molecule has 0 N–H and O–H groups in total. The van der Waals surface area contributed by atoms with E-state index in [1.54, 1.807) is 0 Å². The third-order valence-corrected chi connectivity index (χ3v) is 5.26. The molecule has 6 heteroatoms. The number of fused-ring (bicyclic) bond motifs is 2. The number of benzene rings is 1. The summed E-state index contributed by atoms with van der Waals surface area (Å²) < 4.78 is 7.68. The van der Waals surface area contributed by atoms with Gasteiger partial charge in [0.05, 0.1) is 34.4 Å². The van der Waals surface area contributed by atoms with Gasteiger partial charge in [-0.15, -0.1) is 0 Å². The highest BCUT2D eigenvalue weighted by Gasteiger charge is 2.30. The summed E-state index contributed by atoms with van der Waals surface area (Å²) in [5.74, 6) is 0.904. The molecule has 4 rings (SSSR count). The van der Waals surface area contributed by atoms with Crippen LogP contribution in [-0.2, 0) is 5.54 Å². The van der Waals surface area contributed by atoms with Crippen LogP contribution < -0.4 is 9.64 Å². The Morgan fingerprint density at radius 1 is 1.21 bits per heavy atom. The Morgan fingerprint density at radius 2 is 1.93 bits per heavy atom. The first kappa shape index (κ1) is 19.4. The number of amides is 1. The molecule has 0 atom stereocenters. The molecule has 0 fully saturated rings. The lowest BCUT2D eigenvalue weighted by molar-refractivity contribution is 0.0978. The van der Waals surface area contributed by atoms with Gasteiger partial charge in [-0.2, -0.15) is 5.10 Å². The maximum atomic E-state index is 13.8. The fraction of sp³-hybridized carbons (Fsp3) is 0.435. The van der Waals surface area contributed by atoms with E-state index < -0.39 is 0 Å². The predicted octanol–water partition coefficient (Wildman–Crippen LogP) is 4.66. The van der Waals surface area contributed by atoms with Gasteiger partial charge in [-0.3, -0.25) is 4.79 Å². The smallest absolute Gasteiger partial charge is 0.259 e. The van der Waals surface area contributed by atoms with Crippen LogP contribution in [0, 0.1) is 6.92 Å². The summed E-state index contributed by atoms with van der Waals surface area (Å²) in [5.41, 5.74) is 3.71. The standard InChI is InChI=1S/C23H28N4O2/c1-14(2)17-13-16(20-15(3)25-27(21(20)24-17)23(4,5)6)22(28)26-11-12-29-19-10-8-7-9-18(19)26/h7-10,13-14H,11-12H2,1-6H3. The summed E-state index contributed by atoms with van der Waals surface area (Å²) in [6.07, 6.45) is 0. The van der Waals surface area contributed by atoms with E-state index in [1.807, 2.05) is 46.8 Å². The molecule has 0 unspecified atom stereocenters. The lowest BCUT2D eigenvalue weighted by Gasteiger charge is -2.30. The van der Waals surface area contributed by atoms with E-state index in [0.717, 1.165) is 33.9 Å². The molecule has 0 spiro atoms. The molecule has 0 aliphatic carbocycles. The summed E-state index contributed by atoms with van der Waals surface area (Å²) in [6.45, 7) is 13.4. The first-order chi connectivity index (χ1) is 13.7. The van der Waals surface area contributed by atoms with Crippen LogP contribution in [0.5, 0.6) is 5.75 Å². The van der Waals surface area contributed by atoms with Gasteiger partial charge in [-0.05, 0) is 51.8 Å². The molecule has 1 aromatic carbocycles. The second-order valence-electron chi connectivity index (χ2n) is 8.89. The van der Waals surface area contributed by atoms with Crippen LogP contribution in [0.15, 0.2) is 30.3 Å². The van der Waals surface area contributed by atoms with E-state index in [4.69, 9.17) is 14.8 Å². The lowest BCUT2D eigenvalue weighted by atomic mass is 10.0. The molecule has 152 valence electrons. The van der Waals surface area contributed by atoms with Crippen molar-refractivity contribution in [3.05, 3.63) is 47.3 Å². The van der Waals surface area contributed by atoms with Crippen molar-refractivity contribution in [1.82, 2.24) is 14.8 Å². The molecule has 3 aromatic rings. The Kier molecular flexibility index (Phi) is 4.60. The summed E-state index contributed by atoms with van der Waals surface area (Å²) in [5, 5.41) is 5.58. The molecule has 6 nitrogen and oxygen atoms in total. The first-order valence-corrected chi connectivity index (χ1v) is 10.1. The molecule has 29 heavy (non-hydrogen) atoms. The molecule has 1 aliphatic heterocycles. The van der Waals surface area contributed by atoms with E-state index in [-0.39, 0.29) is 17.4 Å². The van der Waals surface area contributed by atoms with Crippen molar-refractivity contribution in [2.45, 2.75) is 53.0 Å². The molecule has 0 radical (unpaired) electrons. The number of anilines is 1. The van der Waals surface area contributed by atoms with Gasteiger partial charge in [0.2, 0.25) is 0 Å². The van der Waals surface area contributed by atoms with Crippen molar-refractivity contribution in [2.24, 2.45) is 0 Å². The number of rotatable bonds is 2. The molecular weight excluding hydrogens is 364 g/mol. The Balaban J connectivity index is 1.94. The first-order valence-electron chi connectivity index (χ1n) is 10.1. The minimum Gasteiger partial charge on any atom is -0.490 e. The minimum atomic E-state index is -0.235. The van der Waals surface area contributed by atoms with Crippen molar-refractivity contribution in [1.29, 1.82) is 0 Å². The van der Waals surface area contributed by atoms with Gasteiger partial charge < -0.3 is 9.64 Å². The number of aromatic nitrogens is 3. The van der Waals surface area contributed by atoms with Crippen molar-refractivity contribution < 1.29 is 9.53 Å². The SMILES string of the molecule is Cc1nn(C(C)(C)C)c2nc(C(C)C)cc(C(=O)N3CCOc4ccccc43)c12. The second kappa shape index (κ2) is 6.87. The third-order valence-electron chi connectivity index (χ3n) is 5.26. The molecule has 0 bridgehead atoms. The van der Waals surface area contributed by atoms with Crippen LogP contribution in [0.25, 0.3) is 11.0 Å². The number of hydrogen-bond donors (Lipinski definition) is 0. The van der Waals surface area contributed by atoms with Gasteiger partial charge in [0, 0.05) is 5.69 Å². The normalized spacial score (nSPS) is 14.2. The van der Waals surface area contributed by atoms with Crippen LogP contribution in [0.2, 0.25) is 0 Å². The summed E-state index contributed by atoms with van der Waals surface area (Å²) >= 11 is 0. The van der Waals surface area contributed by atoms with Crippen molar-refractivity contribution in [3.8, 4) is 5.75 Å². The predicted molar refractivity (Wildman–Crippen MR) is 115 cm³/mol. The van der Waals surface area contributed by atoms with Gasteiger partial charge in [0.15, 0.2) is 5.65 Å². The zero-order chi connectivity index (χ0) is 20.9. The van der Waals surface area contributed by atoms with Gasteiger partial charge in [0.1, 0.15) is 12.4 Å². The van der Waals surface area contributed by atoms with E-state index >= 15 is 0 Å². The second-order valence-corrected chi connectivity index (χ2v) is 8.89. The highest BCUT2D eigenvalue weighted by Crippen LogP contribution is 2.35. The van der Waals surface area contributed by atoms with Crippen LogP contribution in [0.1, 0.15) is 62.3 Å².